The molecule has 0 aromatic carbocycles. The number of anilines is 1. The van der Waals surface area contributed by atoms with Crippen molar-refractivity contribution in [2.24, 2.45) is 12.1 Å². The van der Waals surface area contributed by atoms with Gasteiger partial charge < -0.3 is 0 Å². The van der Waals surface area contributed by atoms with Crippen molar-refractivity contribution >= 4 is 22.8 Å². The van der Waals surface area contributed by atoms with E-state index in [1.54, 1.807) is 25.1 Å². The summed E-state index contributed by atoms with van der Waals surface area (Å²) < 4.78 is 4.45. The maximum Gasteiger partial charge on any atom is 0.332 e. The van der Waals surface area contributed by atoms with Gasteiger partial charge in [0.2, 0.25) is 5.95 Å². The minimum absolute atomic E-state index is 0.135. The highest BCUT2D eigenvalue weighted by Crippen LogP contribution is 2.29. The summed E-state index contributed by atoms with van der Waals surface area (Å²) in [6, 6.07) is -0.135. The van der Waals surface area contributed by atoms with Crippen molar-refractivity contribution in [1.82, 2.24) is 18.7 Å². The largest absolute Gasteiger partial charge is 0.332 e. The number of aryl methyl sites for hydroxylation is 1. The first-order valence-electron chi connectivity index (χ1n) is 8.07. The molecule has 2 aromatic rings. The molecule has 0 aliphatic carbocycles. The third kappa shape index (κ3) is 2.45. The number of nitrogens with zero attached hydrogens (tertiary/aromatic N) is 6. The first-order chi connectivity index (χ1) is 11.8. The number of hydrazone groups is 1. The van der Waals surface area contributed by atoms with Crippen LogP contribution < -0.4 is 16.3 Å². The highest BCUT2D eigenvalue weighted by atomic mass is 16.2. The van der Waals surface area contributed by atoms with Crippen LogP contribution in [0, 0.1) is 0 Å². The number of rotatable bonds is 4. The summed E-state index contributed by atoms with van der Waals surface area (Å²) in [5.74, 6) is 0.535. The zero-order valence-electron chi connectivity index (χ0n) is 15.0. The Morgan fingerprint density at radius 1 is 1.36 bits per heavy atom. The molecular formula is C17H22N6O2. The standard InChI is InChI=1S/C17H22N6O2/c1-7-8-22-16-18-14-13(23(16)12(5)11(4)19-22)15(24)21(9-10(2)3)17(25)20(14)6/h7,12H,1-2,8-9H2,3-6H3/t12-/m1/s1. The fraction of sp³-hybridized carbons (Fsp3) is 0.412. The monoisotopic (exact) mass is 342 g/mol. The van der Waals surface area contributed by atoms with E-state index < -0.39 is 5.69 Å². The second-order valence-corrected chi connectivity index (χ2v) is 6.43. The fourth-order valence-electron chi connectivity index (χ4n) is 3.04. The van der Waals surface area contributed by atoms with Crippen molar-refractivity contribution in [2.45, 2.75) is 33.4 Å². The van der Waals surface area contributed by atoms with Gasteiger partial charge in [-0.3, -0.25) is 18.5 Å². The summed E-state index contributed by atoms with van der Waals surface area (Å²) in [7, 11) is 1.62. The summed E-state index contributed by atoms with van der Waals surface area (Å²) in [6.07, 6.45) is 1.72. The topological polar surface area (TPSA) is 77.4 Å². The highest BCUT2D eigenvalue weighted by molar-refractivity contribution is 5.91. The van der Waals surface area contributed by atoms with Crippen molar-refractivity contribution in [2.75, 3.05) is 11.6 Å². The van der Waals surface area contributed by atoms with E-state index in [-0.39, 0.29) is 18.1 Å². The molecule has 0 saturated heterocycles. The lowest BCUT2D eigenvalue weighted by molar-refractivity contribution is 0.631. The number of aromatic nitrogens is 4. The number of fused-ring (bicyclic) bond motifs is 3. The third-order valence-electron chi connectivity index (χ3n) is 4.39. The average molecular weight is 342 g/mol. The molecule has 2 aromatic heterocycles. The predicted molar refractivity (Wildman–Crippen MR) is 99.4 cm³/mol. The maximum absolute atomic E-state index is 13.1. The summed E-state index contributed by atoms with van der Waals surface area (Å²) in [4.78, 5) is 30.2. The summed E-state index contributed by atoms with van der Waals surface area (Å²) in [6.45, 7) is 13.8. The zero-order chi connectivity index (χ0) is 18.5. The lowest BCUT2D eigenvalue weighted by Crippen LogP contribution is -2.40. The Balaban J connectivity index is 2.42. The fourth-order valence-corrected chi connectivity index (χ4v) is 3.04. The zero-order valence-corrected chi connectivity index (χ0v) is 15.0. The number of imidazole rings is 1. The molecule has 0 fully saturated rings. The summed E-state index contributed by atoms with van der Waals surface area (Å²) in [5.41, 5.74) is 1.57. The average Bonchev–Trinajstić information content (AvgIpc) is 2.95. The summed E-state index contributed by atoms with van der Waals surface area (Å²) >= 11 is 0. The van der Waals surface area contributed by atoms with Crippen LogP contribution in [0.25, 0.3) is 11.2 Å². The van der Waals surface area contributed by atoms with Crippen molar-refractivity contribution in [3.8, 4) is 0 Å². The van der Waals surface area contributed by atoms with Crippen LogP contribution in [0.15, 0.2) is 39.5 Å². The van der Waals surface area contributed by atoms with Crippen molar-refractivity contribution < 1.29 is 0 Å². The molecule has 0 amide bonds. The van der Waals surface area contributed by atoms with Crippen LogP contribution in [-0.4, -0.2) is 30.9 Å². The Morgan fingerprint density at radius 2 is 2.04 bits per heavy atom. The first kappa shape index (κ1) is 16.9. The van der Waals surface area contributed by atoms with Gasteiger partial charge in [0.1, 0.15) is 0 Å². The second-order valence-electron chi connectivity index (χ2n) is 6.43. The normalized spacial score (nSPS) is 16.7. The van der Waals surface area contributed by atoms with E-state index in [1.807, 2.05) is 18.4 Å². The molecule has 25 heavy (non-hydrogen) atoms. The van der Waals surface area contributed by atoms with E-state index in [0.29, 0.717) is 23.7 Å². The van der Waals surface area contributed by atoms with Crippen LogP contribution in [-0.2, 0) is 13.6 Å². The molecule has 0 unspecified atom stereocenters. The Bertz CT molecular complexity index is 1040. The van der Waals surface area contributed by atoms with Crippen LogP contribution in [0.2, 0.25) is 0 Å². The molecule has 3 heterocycles. The van der Waals surface area contributed by atoms with E-state index in [1.165, 1.54) is 9.13 Å². The Hall–Kier alpha value is -2.90. The van der Waals surface area contributed by atoms with E-state index in [0.717, 1.165) is 11.3 Å². The molecule has 8 heteroatoms. The van der Waals surface area contributed by atoms with E-state index in [4.69, 9.17) is 0 Å². The Morgan fingerprint density at radius 3 is 2.64 bits per heavy atom. The SMILES string of the molecule is C=CCN1N=C(C)[C@@H](C)n2c1nc1c2c(=O)n(CC(=C)C)c(=O)n1C. The predicted octanol–water partition coefficient (Wildman–Crippen LogP) is 1.42. The third-order valence-corrected chi connectivity index (χ3v) is 4.39. The van der Waals surface area contributed by atoms with Gasteiger partial charge in [0.25, 0.3) is 5.56 Å². The van der Waals surface area contributed by atoms with Gasteiger partial charge in [0.15, 0.2) is 11.2 Å². The lowest BCUT2D eigenvalue weighted by atomic mass is 10.2. The molecular weight excluding hydrogens is 320 g/mol. The molecule has 1 aliphatic heterocycles. The Labute approximate surface area is 145 Å². The van der Waals surface area contributed by atoms with Crippen LogP contribution in [0.3, 0.4) is 0 Å². The molecule has 0 spiro atoms. The van der Waals surface area contributed by atoms with Gasteiger partial charge in [-0.2, -0.15) is 10.1 Å². The second kappa shape index (κ2) is 5.87. The molecule has 1 aliphatic rings. The number of hydrogen-bond donors (Lipinski definition) is 0. The number of hydrogen-bond acceptors (Lipinski definition) is 5. The van der Waals surface area contributed by atoms with Crippen LogP contribution in [0.1, 0.15) is 26.8 Å². The molecule has 1 atom stereocenters. The smallest absolute Gasteiger partial charge is 0.294 e. The van der Waals surface area contributed by atoms with E-state index in [2.05, 4.69) is 23.2 Å². The van der Waals surface area contributed by atoms with Gasteiger partial charge in [-0.1, -0.05) is 18.2 Å². The first-order valence-corrected chi connectivity index (χ1v) is 8.07. The quantitative estimate of drug-likeness (QED) is 0.787. The molecule has 0 bridgehead atoms. The van der Waals surface area contributed by atoms with Gasteiger partial charge in [0, 0.05) is 7.05 Å². The van der Waals surface area contributed by atoms with Crippen LogP contribution in [0.5, 0.6) is 0 Å². The van der Waals surface area contributed by atoms with Gasteiger partial charge in [-0.05, 0) is 20.8 Å². The van der Waals surface area contributed by atoms with E-state index >= 15 is 0 Å². The molecule has 0 radical (unpaired) electrons. The maximum atomic E-state index is 13.1. The number of allylic oxidation sites excluding steroid dienone is 1. The van der Waals surface area contributed by atoms with Gasteiger partial charge >= 0.3 is 5.69 Å². The summed E-state index contributed by atoms with van der Waals surface area (Å²) in [5, 5.41) is 6.22. The van der Waals surface area contributed by atoms with Gasteiger partial charge in [0.05, 0.1) is 24.8 Å². The van der Waals surface area contributed by atoms with Crippen molar-refractivity contribution in [1.29, 1.82) is 0 Å². The Kier molecular flexibility index (Phi) is 3.98. The minimum Gasteiger partial charge on any atom is -0.294 e. The highest BCUT2D eigenvalue weighted by Gasteiger charge is 2.30. The van der Waals surface area contributed by atoms with Crippen LogP contribution in [0.4, 0.5) is 5.95 Å². The van der Waals surface area contributed by atoms with E-state index in [9.17, 15) is 9.59 Å². The van der Waals surface area contributed by atoms with Gasteiger partial charge in [-0.25, -0.2) is 9.80 Å². The van der Waals surface area contributed by atoms with Crippen molar-refractivity contribution in [3.05, 3.63) is 45.6 Å². The van der Waals surface area contributed by atoms with Gasteiger partial charge in [-0.15, -0.1) is 6.58 Å². The lowest BCUT2D eigenvalue weighted by Gasteiger charge is -2.28. The molecule has 0 saturated carbocycles. The molecule has 0 N–H and O–H groups in total. The molecule has 8 nitrogen and oxygen atoms in total. The van der Waals surface area contributed by atoms with Crippen LogP contribution >= 0.6 is 0 Å². The van der Waals surface area contributed by atoms with Crippen molar-refractivity contribution in [3.63, 3.8) is 0 Å². The minimum atomic E-state index is -0.406. The molecule has 3 rings (SSSR count). The molecule has 132 valence electrons.